The van der Waals surface area contributed by atoms with Crippen LogP contribution in [0.1, 0.15) is 13.8 Å². The molecule has 0 aliphatic carbocycles. The van der Waals surface area contributed by atoms with Gasteiger partial charge >= 0.3 is 0 Å². The van der Waals surface area contributed by atoms with E-state index in [0.29, 0.717) is 5.92 Å². The largest absolute Gasteiger partial charge is 0.340 e. The van der Waals surface area contributed by atoms with Crippen LogP contribution >= 0.6 is 0 Å². The second-order valence-electron chi connectivity index (χ2n) is 4.08. The highest BCUT2D eigenvalue weighted by Crippen LogP contribution is 2.04. The van der Waals surface area contributed by atoms with Gasteiger partial charge in [0.15, 0.2) is 0 Å². The summed E-state index contributed by atoms with van der Waals surface area (Å²) < 4.78 is 0. The Labute approximate surface area is 80.7 Å². The maximum absolute atomic E-state index is 10.9. The lowest BCUT2D eigenvalue weighted by molar-refractivity contribution is -0.128. The third kappa shape index (κ3) is 3.35. The summed E-state index contributed by atoms with van der Waals surface area (Å²) in [6.07, 6.45) is 0. The number of hydrogen-bond acceptors (Lipinski definition) is 2. The van der Waals surface area contributed by atoms with Gasteiger partial charge in [-0.05, 0) is 5.92 Å². The molecule has 0 aromatic rings. The first-order valence-electron chi connectivity index (χ1n) is 4.93. The van der Waals surface area contributed by atoms with Crippen molar-refractivity contribution in [3.8, 4) is 0 Å². The molecule has 0 aromatic heterocycles. The molecule has 0 spiro atoms. The number of rotatable bonds is 2. The zero-order chi connectivity index (χ0) is 9.84. The van der Waals surface area contributed by atoms with E-state index in [9.17, 15) is 4.79 Å². The van der Waals surface area contributed by atoms with Crippen LogP contribution in [0.15, 0.2) is 0 Å². The first-order valence-corrected chi connectivity index (χ1v) is 4.93. The van der Waals surface area contributed by atoms with E-state index < -0.39 is 0 Å². The van der Waals surface area contributed by atoms with Gasteiger partial charge in [-0.1, -0.05) is 13.8 Å². The van der Waals surface area contributed by atoms with Crippen molar-refractivity contribution in [3.63, 3.8) is 0 Å². The normalized spacial score (nSPS) is 19.5. The zero-order valence-corrected chi connectivity index (χ0v) is 8.62. The van der Waals surface area contributed by atoms with E-state index in [2.05, 4.69) is 25.7 Å². The molecule has 1 rings (SSSR count). The predicted octanol–water partition coefficient (Wildman–Crippen LogP) is 0.621. The van der Waals surface area contributed by atoms with E-state index in [1.165, 1.54) is 0 Å². The second-order valence-corrected chi connectivity index (χ2v) is 4.08. The van der Waals surface area contributed by atoms with E-state index in [-0.39, 0.29) is 5.91 Å². The average Bonchev–Trinajstić information content (AvgIpc) is 2.04. The van der Waals surface area contributed by atoms with Crippen molar-refractivity contribution < 1.29 is 4.79 Å². The molecule has 0 saturated carbocycles. The second kappa shape index (κ2) is 4.61. The number of piperazine rings is 1. The summed E-state index contributed by atoms with van der Waals surface area (Å²) in [5, 5.41) is 0. The maximum atomic E-state index is 10.9. The Morgan fingerprint density at radius 2 is 1.85 bits per heavy atom. The fourth-order valence-electron chi connectivity index (χ4n) is 1.70. The molecule has 0 bridgehead atoms. The highest BCUT2D eigenvalue weighted by atomic mass is 16.2. The first-order chi connectivity index (χ1) is 6.09. The van der Waals surface area contributed by atoms with Crippen LogP contribution in [-0.2, 0) is 4.79 Å². The van der Waals surface area contributed by atoms with Crippen molar-refractivity contribution in [2.45, 2.75) is 13.8 Å². The quantitative estimate of drug-likeness (QED) is 0.626. The van der Waals surface area contributed by atoms with Gasteiger partial charge in [0.2, 0.25) is 5.91 Å². The molecule has 1 fully saturated rings. The molecule has 3 nitrogen and oxygen atoms in total. The van der Waals surface area contributed by atoms with Crippen LogP contribution in [0, 0.1) is 12.8 Å². The van der Waals surface area contributed by atoms with E-state index >= 15 is 0 Å². The van der Waals surface area contributed by atoms with Crippen molar-refractivity contribution in [1.29, 1.82) is 0 Å². The summed E-state index contributed by atoms with van der Waals surface area (Å²) in [6, 6.07) is 0. The van der Waals surface area contributed by atoms with Gasteiger partial charge in [0.05, 0.1) is 0 Å². The Morgan fingerprint density at radius 1 is 1.31 bits per heavy atom. The number of hydrogen-bond donors (Lipinski definition) is 0. The topological polar surface area (TPSA) is 23.6 Å². The van der Waals surface area contributed by atoms with Crippen LogP contribution in [-0.4, -0.2) is 48.4 Å². The predicted molar refractivity (Wildman–Crippen MR) is 53.2 cm³/mol. The van der Waals surface area contributed by atoms with Gasteiger partial charge in [0, 0.05) is 39.6 Å². The van der Waals surface area contributed by atoms with Crippen molar-refractivity contribution in [3.05, 3.63) is 6.92 Å². The highest BCUT2D eigenvalue weighted by molar-refractivity contribution is 5.80. The van der Waals surface area contributed by atoms with Gasteiger partial charge in [-0.3, -0.25) is 9.69 Å². The number of carbonyl (C=O) groups is 1. The lowest BCUT2D eigenvalue weighted by atomic mass is 10.2. The van der Waals surface area contributed by atoms with Gasteiger partial charge in [0.1, 0.15) is 0 Å². The molecule has 1 heterocycles. The standard InChI is InChI=1S/C10H19N2O/c1-9(2)8-11-4-6-12(7-5-11)10(3)13/h9H,3-8H2,1-2H3. The SMILES string of the molecule is [CH2]C(=O)N1CCN(CC(C)C)CC1. The number of carbonyl (C=O) groups excluding carboxylic acids is 1. The molecule has 0 atom stereocenters. The van der Waals surface area contributed by atoms with E-state index in [0.717, 1.165) is 32.7 Å². The fraction of sp³-hybridized carbons (Fsp3) is 0.800. The molecule has 0 N–H and O–H groups in total. The van der Waals surface area contributed by atoms with Crippen LogP contribution in [0.2, 0.25) is 0 Å². The van der Waals surface area contributed by atoms with Gasteiger partial charge in [-0.15, -0.1) is 0 Å². The molecule has 1 amide bonds. The summed E-state index contributed by atoms with van der Waals surface area (Å²) >= 11 is 0. The van der Waals surface area contributed by atoms with E-state index in [4.69, 9.17) is 0 Å². The van der Waals surface area contributed by atoms with Gasteiger partial charge in [-0.2, -0.15) is 0 Å². The van der Waals surface area contributed by atoms with Crippen molar-refractivity contribution in [1.82, 2.24) is 9.80 Å². The Bertz CT molecular complexity index is 172. The lowest BCUT2D eigenvalue weighted by Crippen LogP contribution is -2.48. The van der Waals surface area contributed by atoms with E-state index in [1.54, 1.807) is 0 Å². The van der Waals surface area contributed by atoms with Gasteiger partial charge in [-0.25, -0.2) is 0 Å². The van der Waals surface area contributed by atoms with Crippen LogP contribution in [0.3, 0.4) is 0 Å². The monoisotopic (exact) mass is 183 g/mol. The molecule has 13 heavy (non-hydrogen) atoms. The smallest absolute Gasteiger partial charge is 0.223 e. The Balaban J connectivity index is 2.26. The highest BCUT2D eigenvalue weighted by Gasteiger charge is 2.18. The summed E-state index contributed by atoms with van der Waals surface area (Å²) in [6.45, 7) is 12.7. The molecule has 75 valence electrons. The minimum absolute atomic E-state index is 0.0378. The fourth-order valence-corrected chi connectivity index (χ4v) is 1.70. The molecular formula is C10H19N2O. The van der Waals surface area contributed by atoms with Gasteiger partial charge in [0.25, 0.3) is 0 Å². The molecule has 1 aliphatic rings. The maximum Gasteiger partial charge on any atom is 0.223 e. The minimum atomic E-state index is -0.0378. The summed E-state index contributed by atoms with van der Waals surface area (Å²) in [5.41, 5.74) is 0. The number of nitrogens with zero attached hydrogens (tertiary/aromatic N) is 2. The molecule has 1 saturated heterocycles. The molecule has 1 aliphatic heterocycles. The summed E-state index contributed by atoms with van der Waals surface area (Å²) in [5.74, 6) is 0.672. The van der Waals surface area contributed by atoms with Crippen molar-refractivity contribution in [2.75, 3.05) is 32.7 Å². The van der Waals surface area contributed by atoms with Crippen molar-refractivity contribution in [2.24, 2.45) is 5.92 Å². The molecule has 0 unspecified atom stereocenters. The summed E-state index contributed by atoms with van der Waals surface area (Å²) in [4.78, 5) is 15.1. The summed E-state index contributed by atoms with van der Waals surface area (Å²) in [7, 11) is 0. The Kier molecular flexibility index (Phi) is 3.72. The lowest BCUT2D eigenvalue weighted by Gasteiger charge is -2.34. The average molecular weight is 183 g/mol. The number of amides is 1. The van der Waals surface area contributed by atoms with Crippen LogP contribution in [0.4, 0.5) is 0 Å². The third-order valence-electron chi connectivity index (χ3n) is 2.35. The zero-order valence-electron chi connectivity index (χ0n) is 8.62. The van der Waals surface area contributed by atoms with Crippen LogP contribution < -0.4 is 0 Å². The Morgan fingerprint density at radius 3 is 2.23 bits per heavy atom. The Hall–Kier alpha value is -0.570. The molecule has 0 aromatic carbocycles. The molecule has 3 heteroatoms. The van der Waals surface area contributed by atoms with Crippen LogP contribution in [0.25, 0.3) is 0 Å². The van der Waals surface area contributed by atoms with Gasteiger partial charge < -0.3 is 4.90 Å². The van der Waals surface area contributed by atoms with E-state index in [1.807, 2.05) is 4.90 Å². The van der Waals surface area contributed by atoms with Crippen molar-refractivity contribution >= 4 is 5.91 Å². The third-order valence-corrected chi connectivity index (χ3v) is 2.35. The first kappa shape index (κ1) is 10.5. The minimum Gasteiger partial charge on any atom is -0.340 e. The van der Waals surface area contributed by atoms with Crippen LogP contribution in [0.5, 0.6) is 0 Å². The molecular weight excluding hydrogens is 164 g/mol. The molecule has 1 radical (unpaired) electrons.